The Kier molecular flexibility index (Phi) is 4.33. The fourth-order valence-corrected chi connectivity index (χ4v) is 3.23. The first-order chi connectivity index (χ1) is 11.9. The maximum atomic E-state index is 5.44. The fourth-order valence-electron chi connectivity index (χ4n) is 3.23. The second kappa shape index (κ2) is 6.92. The molecule has 1 unspecified atom stereocenters. The zero-order valence-corrected chi connectivity index (χ0v) is 13.5. The molecule has 0 bridgehead atoms. The average molecular weight is 324 g/mol. The molecule has 1 fully saturated rings. The highest BCUT2D eigenvalue weighted by Gasteiger charge is 2.26. The van der Waals surface area contributed by atoms with Crippen molar-refractivity contribution >= 4 is 0 Å². The number of hydrogen-bond donors (Lipinski definition) is 0. The second-order valence-electron chi connectivity index (χ2n) is 6.15. The molecule has 1 saturated heterocycles. The lowest BCUT2D eigenvalue weighted by Crippen LogP contribution is -2.32. The van der Waals surface area contributed by atoms with Crippen molar-refractivity contribution in [3.63, 3.8) is 0 Å². The Morgan fingerprint density at radius 3 is 2.96 bits per heavy atom. The highest BCUT2D eigenvalue weighted by molar-refractivity contribution is 5.18. The van der Waals surface area contributed by atoms with Gasteiger partial charge in [0.05, 0.1) is 13.1 Å². The minimum Gasteiger partial charge on any atom is -0.338 e. The van der Waals surface area contributed by atoms with Crippen LogP contribution < -0.4 is 0 Å². The van der Waals surface area contributed by atoms with Gasteiger partial charge in [0.25, 0.3) is 0 Å². The Morgan fingerprint density at radius 1 is 1.21 bits per heavy atom. The first-order valence-electron chi connectivity index (χ1n) is 8.29. The molecule has 0 amide bonds. The molecule has 1 aromatic carbocycles. The maximum absolute atomic E-state index is 5.44. The fraction of sp³-hybridized carbons (Fsp3) is 0.412. The van der Waals surface area contributed by atoms with Crippen LogP contribution in [0.1, 0.15) is 30.1 Å². The predicted molar refractivity (Wildman–Crippen MR) is 87.0 cm³/mol. The van der Waals surface area contributed by atoms with E-state index in [2.05, 4.69) is 37.3 Å². The van der Waals surface area contributed by atoms with Crippen molar-refractivity contribution in [1.29, 1.82) is 0 Å². The first-order valence-corrected chi connectivity index (χ1v) is 8.29. The second-order valence-corrected chi connectivity index (χ2v) is 6.15. The van der Waals surface area contributed by atoms with Crippen LogP contribution in [0, 0.1) is 0 Å². The summed E-state index contributed by atoms with van der Waals surface area (Å²) in [4.78, 5) is 10.9. The van der Waals surface area contributed by atoms with Gasteiger partial charge in [0, 0.05) is 12.5 Å². The molecule has 0 aliphatic carbocycles. The molecule has 1 aliphatic rings. The van der Waals surface area contributed by atoms with Crippen LogP contribution in [0.4, 0.5) is 0 Å². The van der Waals surface area contributed by atoms with E-state index in [-0.39, 0.29) is 0 Å². The summed E-state index contributed by atoms with van der Waals surface area (Å²) < 4.78 is 7.33. The van der Waals surface area contributed by atoms with Crippen LogP contribution in [-0.4, -0.2) is 42.4 Å². The van der Waals surface area contributed by atoms with Gasteiger partial charge in [-0.2, -0.15) is 10.1 Å². The average Bonchev–Trinajstić information content (AvgIpc) is 3.34. The molecule has 124 valence electrons. The zero-order chi connectivity index (χ0) is 16.2. The number of rotatable bonds is 6. The van der Waals surface area contributed by atoms with Crippen molar-refractivity contribution in [3.8, 4) is 0 Å². The first kappa shape index (κ1) is 15.0. The third-order valence-corrected chi connectivity index (χ3v) is 4.42. The standard InChI is InChI=1S/C17H20N6O/c1-2-5-14(6-3-1)9-16-20-17(24-21-16)11-22-8-4-7-15(22)10-23-13-18-12-19-23/h1-3,5-6,12-13,15H,4,7-11H2. The highest BCUT2D eigenvalue weighted by atomic mass is 16.5. The van der Waals surface area contributed by atoms with Gasteiger partial charge in [0.1, 0.15) is 12.7 Å². The van der Waals surface area contributed by atoms with Gasteiger partial charge in [0.15, 0.2) is 5.82 Å². The predicted octanol–water partition coefficient (Wildman–Crippen LogP) is 1.92. The van der Waals surface area contributed by atoms with Gasteiger partial charge in [-0.15, -0.1) is 0 Å². The van der Waals surface area contributed by atoms with Gasteiger partial charge in [-0.3, -0.25) is 9.58 Å². The Balaban J connectivity index is 1.38. The molecule has 2 aromatic heterocycles. The molecular weight excluding hydrogens is 304 g/mol. The molecular formula is C17H20N6O. The van der Waals surface area contributed by atoms with E-state index in [1.807, 2.05) is 22.9 Å². The molecule has 3 aromatic rings. The number of aromatic nitrogens is 5. The SMILES string of the molecule is c1ccc(Cc2noc(CN3CCCC3Cn3cncn3)n2)cc1. The number of benzene rings is 1. The molecule has 1 atom stereocenters. The molecule has 0 saturated carbocycles. The monoisotopic (exact) mass is 324 g/mol. The molecule has 7 heteroatoms. The van der Waals surface area contributed by atoms with Crippen LogP contribution in [-0.2, 0) is 19.5 Å². The van der Waals surface area contributed by atoms with E-state index >= 15 is 0 Å². The smallest absolute Gasteiger partial charge is 0.240 e. The third kappa shape index (κ3) is 3.51. The van der Waals surface area contributed by atoms with Gasteiger partial charge >= 0.3 is 0 Å². The van der Waals surface area contributed by atoms with E-state index in [1.54, 1.807) is 12.7 Å². The van der Waals surface area contributed by atoms with E-state index in [4.69, 9.17) is 4.52 Å². The Bertz CT molecular complexity index is 755. The van der Waals surface area contributed by atoms with Crippen LogP contribution in [0.15, 0.2) is 47.5 Å². The summed E-state index contributed by atoms with van der Waals surface area (Å²) in [6.07, 6.45) is 6.39. The number of likely N-dealkylation sites (tertiary alicyclic amines) is 1. The molecule has 1 aliphatic heterocycles. The van der Waals surface area contributed by atoms with Crippen molar-refractivity contribution in [2.75, 3.05) is 6.54 Å². The van der Waals surface area contributed by atoms with E-state index in [0.29, 0.717) is 24.9 Å². The number of hydrogen-bond acceptors (Lipinski definition) is 6. The molecule has 0 radical (unpaired) electrons. The molecule has 3 heterocycles. The lowest BCUT2D eigenvalue weighted by atomic mass is 10.1. The van der Waals surface area contributed by atoms with Crippen molar-refractivity contribution in [1.82, 2.24) is 29.8 Å². The summed E-state index contributed by atoms with van der Waals surface area (Å²) in [5, 5.41) is 8.31. The lowest BCUT2D eigenvalue weighted by molar-refractivity contribution is 0.191. The third-order valence-electron chi connectivity index (χ3n) is 4.42. The Hall–Kier alpha value is -2.54. The molecule has 4 rings (SSSR count). The maximum Gasteiger partial charge on any atom is 0.240 e. The van der Waals surface area contributed by atoms with Crippen LogP contribution in [0.25, 0.3) is 0 Å². The van der Waals surface area contributed by atoms with Crippen molar-refractivity contribution in [2.45, 2.75) is 38.4 Å². The highest BCUT2D eigenvalue weighted by Crippen LogP contribution is 2.21. The van der Waals surface area contributed by atoms with Crippen LogP contribution in [0.3, 0.4) is 0 Å². The van der Waals surface area contributed by atoms with Crippen LogP contribution in [0.5, 0.6) is 0 Å². The summed E-state index contributed by atoms with van der Waals surface area (Å²) in [6, 6.07) is 10.6. The van der Waals surface area contributed by atoms with Gasteiger partial charge in [-0.25, -0.2) is 4.98 Å². The Morgan fingerprint density at radius 2 is 2.12 bits per heavy atom. The molecule has 0 N–H and O–H groups in total. The summed E-state index contributed by atoms with van der Waals surface area (Å²) >= 11 is 0. The summed E-state index contributed by atoms with van der Waals surface area (Å²) in [5.41, 5.74) is 1.19. The topological polar surface area (TPSA) is 72.9 Å². The molecule has 0 spiro atoms. The molecule has 24 heavy (non-hydrogen) atoms. The summed E-state index contributed by atoms with van der Waals surface area (Å²) in [7, 11) is 0. The summed E-state index contributed by atoms with van der Waals surface area (Å²) in [5.74, 6) is 1.43. The minimum absolute atomic E-state index is 0.441. The van der Waals surface area contributed by atoms with Gasteiger partial charge in [0.2, 0.25) is 5.89 Å². The minimum atomic E-state index is 0.441. The van der Waals surface area contributed by atoms with Gasteiger partial charge in [-0.05, 0) is 24.9 Å². The van der Waals surface area contributed by atoms with Crippen molar-refractivity contribution in [2.24, 2.45) is 0 Å². The number of nitrogens with zero attached hydrogens (tertiary/aromatic N) is 6. The van der Waals surface area contributed by atoms with Crippen molar-refractivity contribution < 1.29 is 4.52 Å². The van der Waals surface area contributed by atoms with Crippen molar-refractivity contribution in [3.05, 3.63) is 60.3 Å². The van der Waals surface area contributed by atoms with E-state index in [9.17, 15) is 0 Å². The van der Waals surface area contributed by atoms with E-state index < -0.39 is 0 Å². The van der Waals surface area contributed by atoms with E-state index in [1.165, 1.54) is 12.0 Å². The van der Waals surface area contributed by atoms with Crippen LogP contribution >= 0.6 is 0 Å². The zero-order valence-electron chi connectivity index (χ0n) is 13.5. The molecule has 7 nitrogen and oxygen atoms in total. The lowest BCUT2D eigenvalue weighted by Gasteiger charge is -2.22. The van der Waals surface area contributed by atoms with E-state index in [0.717, 1.165) is 25.3 Å². The van der Waals surface area contributed by atoms with Gasteiger partial charge in [-0.1, -0.05) is 35.5 Å². The van der Waals surface area contributed by atoms with Gasteiger partial charge < -0.3 is 4.52 Å². The Labute approximate surface area is 140 Å². The van der Waals surface area contributed by atoms with Crippen LogP contribution in [0.2, 0.25) is 0 Å². The normalized spacial score (nSPS) is 18.2. The summed E-state index contributed by atoms with van der Waals surface area (Å²) in [6.45, 7) is 2.60. The quantitative estimate of drug-likeness (QED) is 0.690. The largest absolute Gasteiger partial charge is 0.338 e.